The topological polar surface area (TPSA) is 26.3 Å². The third kappa shape index (κ3) is 2.82. The number of hydrogen-bond donors (Lipinski definition) is 0. The lowest BCUT2D eigenvalue weighted by Gasteiger charge is -2.22. The van der Waals surface area contributed by atoms with Crippen LogP contribution in [0.15, 0.2) is 24.3 Å². The normalized spacial score (nSPS) is 11.5. The molecular formula is C13H18O2. The fraction of sp³-hybridized carbons (Fsp3) is 0.462. The van der Waals surface area contributed by atoms with Gasteiger partial charge in [-0.05, 0) is 33.8 Å². The van der Waals surface area contributed by atoms with Crippen molar-refractivity contribution >= 4 is 6.29 Å². The smallest absolute Gasteiger partial charge is 0.130 e. The van der Waals surface area contributed by atoms with Gasteiger partial charge in [0.15, 0.2) is 0 Å². The second-order valence-electron chi connectivity index (χ2n) is 4.50. The van der Waals surface area contributed by atoms with Gasteiger partial charge >= 0.3 is 0 Å². The summed E-state index contributed by atoms with van der Waals surface area (Å²) < 4.78 is 5.67. The molecule has 0 unspecified atom stereocenters. The third-order valence-corrected chi connectivity index (χ3v) is 2.24. The number of carbonyl (C=O) groups is 1. The first-order valence-corrected chi connectivity index (χ1v) is 5.20. The molecule has 0 bridgehead atoms. The van der Waals surface area contributed by atoms with Crippen molar-refractivity contribution in [3.63, 3.8) is 0 Å². The first kappa shape index (κ1) is 11.8. The Morgan fingerprint density at radius 3 is 2.40 bits per heavy atom. The molecule has 0 radical (unpaired) electrons. The summed E-state index contributed by atoms with van der Waals surface area (Å²) in [5.74, 6) is 0.796. The van der Waals surface area contributed by atoms with E-state index in [0.717, 1.165) is 17.6 Å². The maximum Gasteiger partial charge on any atom is 0.130 e. The SMILES string of the molecule is CC(C)Oc1ccccc1C(C)(C)C=O. The zero-order valence-electron chi connectivity index (χ0n) is 9.78. The fourth-order valence-corrected chi connectivity index (χ4v) is 1.42. The Morgan fingerprint density at radius 1 is 1.27 bits per heavy atom. The highest BCUT2D eigenvalue weighted by Gasteiger charge is 2.23. The molecule has 15 heavy (non-hydrogen) atoms. The molecular weight excluding hydrogens is 188 g/mol. The van der Waals surface area contributed by atoms with E-state index in [1.54, 1.807) is 0 Å². The van der Waals surface area contributed by atoms with E-state index in [-0.39, 0.29) is 6.10 Å². The Labute approximate surface area is 91.3 Å². The monoisotopic (exact) mass is 206 g/mol. The minimum absolute atomic E-state index is 0.119. The summed E-state index contributed by atoms with van der Waals surface area (Å²) in [4.78, 5) is 11.0. The number of rotatable bonds is 4. The van der Waals surface area contributed by atoms with Crippen molar-refractivity contribution in [3.05, 3.63) is 29.8 Å². The van der Waals surface area contributed by atoms with Crippen LogP contribution in [-0.4, -0.2) is 12.4 Å². The molecule has 1 aromatic carbocycles. The second-order valence-corrected chi connectivity index (χ2v) is 4.50. The van der Waals surface area contributed by atoms with Gasteiger partial charge in [-0.15, -0.1) is 0 Å². The molecule has 0 N–H and O–H groups in total. The minimum atomic E-state index is -0.495. The van der Waals surface area contributed by atoms with Gasteiger partial charge in [-0.1, -0.05) is 18.2 Å². The summed E-state index contributed by atoms with van der Waals surface area (Å²) in [6, 6.07) is 7.68. The molecule has 0 saturated heterocycles. The van der Waals surface area contributed by atoms with Crippen molar-refractivity contribution in [3.8, 4) is 5.75 Å². The van der Waals surface area contributed by atoms with Gasteiger partial charge in [0.1, 0.15) is 12.0 Å². The Hall–Kier alpha value is -1.31. The zero-order valence-corrected chi connectivity index (χ0v) is 9.78. The standard InChI is InChI=1S/C13H18O2/c1-10(2)15-12-8-6-5-7-11(12)13(3,4)9-14/h5-10H,1-4H3. The number of benzene rings is 1. The molecule has 2 heteroatoms. The van der Waals surface area contributed by atoms with Crippen LogP contribution in [0.2, 0.25) is 0 Å². The van der Waals surface area contributed by atoms with E-state index in [0.29, 0.717) is 0 Å². The molecule has 0 atom stereocenters. The van der Waals surface area contributed by atoms with Gasteiger partial charge in [-0.2, -0.15) is 0 Å². The molecule has 0 aliphatic rings. The lowest BCUT2D eigenvalue weighted by molar-refractivity contribution is -0.111. The first-order chi connectivity index (χ1) is 6.97. The summed E-state index contributed by atoms with van der Waals surface area (Å²) in [6.45, 7) is 7.74. The predicted molar refractivity (Wildman–Crippen MR) is 61.3 cm³/mol. The van der Waals surface area contributed by atoms with E-state index in [9.17, 15) is 4.79 Å². The van der Waals surface area contributed by atoms with Gasteiger partial charge in [-0.25, -0.2) is 0 Å². The quantitative estimate of drug-likeness (QED) is 0.708. The molecule has 0 aromatic heterocycles. The molecule has 0 spiro atoms. The van der Waals surface area contributed by atoms with Crippen LogP contribution < -0.4 is 4.74 Å². The average molecular weight is 206 g/mol. The molecule has 0 amide bonds. The predicted octanol–water partition coefficient (Wildman–Crippen LogP) is 2.95. The number of aldehydes is 1. The van der Waals surface area contributed by atoms with Gasteiger partial charge in [0.2, 0.25) is 0 Å². The minimum Gasteiger partial charge on any atom is -0.491 e. The molecule has 2 nitrogen and oxygen atoms in total. The van der Waals surface area contributed by atoms with Crippen molar-refractivity contribution in [1.29, 1.82) is 0 Å². The maximum absolute atomic E-state index is 11.0. The number of carbonyl (C=O) groups excluding carboxylic acids is 1. The maximum atomic E-state index is 11.0. The van der Waals surface area contributed by atoms with Crippen LogP contribution >= 0.6 is 0 Å². The number of ether oxygens (including phenoxy) is 1. The highest BCUT2D eigenvalue weighted by atomic mass is 16.5. The van der Waals surface area contributed by atoms with Gasteiger partial charge in [0.25, 0.3) is 0 Å². The summed E-state index contributed by atoms with van der Waals surface area (Å²) in [7, 11) is 0. The number of hydrogen-bond acceptors (Lipinski definition) is 2. The molecule has 1 rings (SSSR count). The van der Waals surface area contributed by atoms with Crippen LogP contribution in [0.25, 0.3) is 0 Å². The van der Waals surface area contributed by atoms with Crippen LogP contribution in [0.3, 0.4) is 0 Å². The van der Waals surface area contributed by atoms with E-state index in [1.807, 2.05) is 52.0 Å². The lowest BCUT2D eigenvalue weighted by Crippen LogP contribution is -2.21. The van der Waals surface area contributed by atoms with Crippen molar-refractivity contribution in [2.45, 2.75) is 39.2 Å². The Bertz CT molecular complexity index is 340. The number of para-hydroxylation sites is 1. The van der Waals surface area contributed by atoms with Crippen LogP contribution in [-0.2, 0) is 10.2 Å². The molecule has 0 aliphatic carbocycles. The zero-order chi connectivity index (χ0) is 11.5. The largest absolute Gasteiger partial charge is 0.491 e. The molecule has 1 aromatic rings. The fourth-order valence-electron chi connectivity index (χ4n) is 1.42. The Morgan fingerprint density at radius 2 is 1.87 bits per heavy atom. The van der Waals surface area contributed by atoms with Gasteiger partial charge in [0, 0.05) is 11.0 Å². The van der Waals surface area contributed by atoms with E-state index in [1.165, 1.54) is 0 Å². The summed E-state index contributed by atoms with van der Waals surface area (Å²) in [5.41, 5.74) is 0.444. The van der Waals surface area contributed by atoms with Crippen LogP contribution in [0.1, 0.15) is 33.3 Å². The average Bonchev–Trinajstić information content (AvgIpc) is 2.17. The highest BCUT2D eigenvalue weighted by molar-refractivity contribution is 5.69. The Kier molecular flexibility index (Phi) is 3.51. The summed E-state index contributed by atoms with van der Waals surface area (Å²) in [6.07, 6.45) is 1.07. The molecule has 0 fully saturated rings. The second kappa shape index (κ2) is 4.47. The highest BCUT2D eigenvalue weighted by Crippen LogP contribution is 2.30. The van der Waals surface area contributed by atoms with Crippen molar-refractivity contribution in [2.24, 2.45) is 0 Å². The van der Waals surface area contributed by atoms with Crippen LogP contribution in [0.4, 0.5) is 0 Å². The Balaban J connectivity index is 3.11. The summed E-state index contributed by atoms with van der Waals surface area (Å²) in [5, 5.41) is 0. The molecule has 0 heterocycles. The van der Waals surface area contributed by atoms with Crippen molar-refractivity contribution < 1.29 is 9.53 Å². The van der Waals surface area contributed by atoms with Gasteiger partial charge in [0.05, 0.1) is 6.10 Å². The van der Waals surface area contributed by atoms with E-state index >= 15 is 0 Å². The summed E-state index contributed by atoms with van der Waals surface area (Å²) >= 11 is 0. The lowest BCUT2D eigenvalue weighted by atomic mass is 9.86. The third-order valence-electron chi connectivity index (χ3n) is 2.24. The van der Waals surface area contributed by atoms with Gasteiger partial charge in [-0.3, -0.25) is 0 Å². The van der Waals surface area contributed by atoms with Crippen molar-refractivity contribution in [2.75, 3.05) is 0 Å². The van der Waals surface area contributed by atoms with E-state index in [2.05, 4.69) is 0 Å². The molecule has 0 aliphatic heterocycles. The van der Waals surface area contributed by atoms with Crippen LogP contribution in [0, 0.1) is 0 Å². The van der Waals surface area contributed by atoms with Gasteiger partial charge < -0.3 is 9.53 Å². The molecule has 0 saturated carbocycles. The molecule has 82 valence electrons. The van der Waals surface area contributed by atoms with E-state index in [4.69, 9.17) is 4.74 Å². The van der Waals surface area contributed by atoms with E-state index < -0.39 is 5.41 Å². The van der Waals surface area contributed by atoms with Crippen molar-refractivity contribution in [1.82, 2.24) is 0 Å². The first-order valence-electron chi connectivity index (χ1n) is 5.20. The van der Waals surface area contributed by atoms with Crippen LogP contribution in [0.5, 0.6) is 5.75 Å².